The summed E-state index contributed by atoms with van der Waals surface area (Å²) in [6, 6.07) is 21.7. The summed E-state index contributed by atoms with van der Waals surface area (Å²) >= 11 is 0. The molecule has 30 heavy (non-hydrogen) atoms. The van der Waals surface area contributed by atoms with Crippen LogP contribution in [0.4, 0.5) is 5.69 Å². The van der Waals surface area contributed by atoms with Crippen molar-refractivity contribution in [1.82, 2.24) is 5.32 Å². The fourth-order valence-electron chi connectivity index (χ4n) is 3.52. The van der Waals surface area contributed by atoms with Crippen LogP contribution in [0.1, 0.15) is 18.4 Å². The molecule has 152 valence electrons. The summed E-state index contributed by atoms with van der Waals surface area (Å²) in [5, 5.41) is 5.12. The Bertz CT molecular complexity index is 1070. The molecule has 5 heteroatoms. The van der Waals surface area contributed by atoms with Gasteiger partial charge in [-0.25, -0.2) is 0 Å². The van der Waals surface area contributed by atoms with Crippen molar-refractivity contribution in [2.24, 2.45) is 0 Å². The van der Waals surface area contributed by atoms with Gasteiger partial charge < -0.3 is 15.0 Å². The van der Waals surface area contributed by atoms with Crippen molar-refractivity contribution in [2.75, 3.05) is 24.6 Å². The number of nitrogens with zero attached hydrogens (tertiary/aromatic N) is 1. The second-order valence-electron chi connectivity index (χ2n) is 7.22. The van der Waals surface area contributed by atoms with Gasteiger partial charge in [-0.2, -0.15) is 0 Å². The van der Waals surface area contributed by atoms with E-state index in [9.17, 15) is 9.59 Å². The Morgan fingerprint density at radius 2 is 1.83 bits per heavy atom. The fourth-order valence-corrected chi connectivity index (χ4v) is 3.52. The molecule has 5 nitrogen and oxygen atoms in total. The minimum absolute atomic E-state index is 0.170. The van der Waals surface area contributed by atoms with Gasteiger partial charge in [-0.3, -0.25) is 9.59 Å². The van der Waals surface area contributed by atoms with Crippen LogP contribution >= 0.6 is 0 Å². The molecule has 0 aromatic heterocycles. The summed E-state index contributed by atoms with van der Waals surface area (Å²) in [7, 11) is 0. The van der Waals surface area contributed by atoms with Crippen molar-refractivity contribution in [2.45, 2.75) is 12.8 Å². The lowest BCUT2D eigenvalue weighted by molar-refractivity contribution is -0.117. The molecule has 0 bridgehead atoms. The van der Waals surface area contributed by atoms with E-state index in [2.05, 4.69) is 11.4 Å². The van der Waals surface area contributed by atoms with Crippen LogP contribution in [0.25, 0.3) is 16.8 Å². The van der Waals surface area contributed by atoms with Crippen LogP contribution in [-0.4, -0.2) is 31.5 Å². The minimum atomic E-state index is -0.170. The maximum Gasteiger partial charge on any atom is 0.244 e. The average molecular weight is 400 g/mol. The van der Waals surface area contributed by atoms with Crippen molar-refractivity contribution in [1.29, 1.82) is 0 Å². The van der Waals surface area contributed by atoms with Gasteiger partial charge in [-0.15, -0.1) is 0 Å². The first-order valence-corrected chi connectivity index (χ1v) is 10.2. The highest BCUT2D eigenvalue weighted by atomic mass is 16.5. The van der Waals surface area contributed by atoms with E-state index in [1.807, 2.05) is 60.7 Å². The molecule has 2 amide bonds. The topological polar surface area (TPSA) is 58.6 Å². The predicted octanol–water partition coefficient (Wildman–Crippen LogP) is 4.18. The summed E-state index contributed by atoms with van der Waals surface area (Å²) < 4.78 is 5.73. The van der Waals surface area contributed by atoms with Gasteiger partial charge in [0, 0.05) is 24.7 Å². The molecule has 1 heterocycles. The Kier molecular flexibility index (Phi) is 6.09. The lowest BCUT2D eigenvalue weighted by Crippen LogP contribution is -2.26. The van der Waals surface area contributed by atoms with Crippen molar-refractivity contribution in [3.63, 3.8) is 0 Å². The molecule has 0 radical (unpaired) electrons. The summed E-state index contributed by atoms with van der Waals surface area (Å²) in [5.74, 6) is 0.787. The summed E-state index contributed by atoms with van der Waals surface area (Å²) in [4.78, 5) is 25.6. The summed E-state index contributed by atoms with van der Waals surface area (Å²) in [5.41, 5.74) is 1.82. The number of hydrogen-bond acceptors (Lipinski definition) is 3. The first-order valence-electron chi connectivity index (χ1n) is 10.2. The van der Waals surface area contributed by atoms with Gasteiger partial charge in [-0.1, -0.05) is 42.5 Å². The second kappa shape index (κ2) is 9.27. The molecule has 0 unspecified atom stereocenters. The van der Waals surface area contributed by atoms with Crippen LogP contribution in [-0.2, 0) is 9.59 Å². The molecule has 0 spiro atoms. The third-order valence-corrected chi connectivity index (χ3v) is 5.10. The van der Waals surface area contributed by atoms with Gasteiger partial charge >= 0.3 is 0 Å². The first kappa shape index (κ1) is 19.7. The van der Waals surface area contributed by atoms with Crippen molar-refractivity contribution >= 4 is 34.4 Å². The van der Waals surface area contributed by atoms with Crippen molar-refractivity contribution in [3.8, 4) is 5.75 Å². The van der Waals surface area contributed by atoms with Gasteiger partial charge in [0.2, 0.25) is 11.8 Å². The number of amides is 2. The normalized spacial score (nSPS) is 13.9. The number of anilines is 1. The molecule has 1 aliphatic rings. The molecule has 1 aliphatic heterocycles. The third-order valence-electron chi connectivity index (χ3n) is 5.10. The van der Waals surface area contributed by atoms with Crippen molar-refractivity contribution < 1.29 is 14.3 Å². The molecule has 1 saturated heterocycles. The molecule has 1 fully saturated rings. The van der Waals surface area contributed by atoms with E-state index in [-0.39, 0.29) is 11.8 Å². The van der Waals surface area contributed by atoms with Crippen LogP contribution in [0.2, 0.25) is 0 Å². The maximum atomic E-state index is 12.0. The Morgan fingerprint density at radius 3 is 2.60 bits per heavy atom. The predicted molar refractivity (Wildman–Crippen MR) is 120 cm³/mol. The third kappa shape index (κ3) is 4.87. The van der Waals surface area contributed by atoms with Gasteiger partial charge in [-0.05, 0) is 53.1 Å². The largest absolute Gasteiger partial charge is 0.492 e. The van der Waals surface area contributed by atoms with Gasteiger partial charge in [0.05, 0.1) is 6.54 Å². The number of carbonyl (C=O) groups is 2. The van der Waals surface area contributed by atoms with E-state index in [0.717, 1.165) is 35.4 Å². The van der Waals surface area contributed by atoms with E-state index in [1.54, 1.807) is 11.0 Å². The molecule has 0 aliphatic carbocycles. The lowest BCUT2D eigenvalue weighted by atomic mass is 10.1. The zero-order valence-electron chi connectivity index (χ0n) is 16.7. The Balaban J connectivity index is 1.22. The minimum Gasteiger partial charge on any atom is -0.492 e. The summed E-state index contributed by atoms with van der Waals surface area (Å²) in [6.07, 6.45) is 4.79. The van der Waals surface area contributed by atoms with Gasteiger partial charge in [0.1, 0.15) is 12.4 Å². The smallest absolute Gasteiger partial charge is 0.244 e. The molecule has 1 N–H and O–H groups in total. The Hall–Kier alpha value is -3.60. The van der Waals surface area contributed by atoms with E-state index >= 15 is 0 Å². The molecule has 0 atom stereocenters. The van der Waals surface area contributed by atoms with E-state index in [1.165, 1.54) is 11.5 Å². The fraction of sp³-hybridized carbons (Fsp3) is 0.200. The van der Waals surface area contributed by atoms with Crippen LogP contribution in [0, 0.1) is 0 Å². The van der Waals surface area contributed by atoms with E-state index in [4.69, 9.17) is 4.74 Å². The van der Waals surface area contributed by atoms with Gasteiger partial charge in [0.15, 0.2) is 0 Å². The molecule has 3 aromatic carbocycles. The number of ether oxygens (including phenoxy) is 1. The second-order valence-corrected chi connectivity index (χ2v) is 7.22. The Labute approximate surface area is 176 Å². The van der Waals surface area contributed by atoms with Crippen LogP contribution < -0.4 is 15.0 Å². The standard InChI is InChI=1S/C25H24N2O3/c28-24(14-9-19-7-11-22(12-8-19)27-16-3-6-25(27)29)26-15-17-30-23-13-10-20-4-1-2-5-21(20)18-23/h1-2,4-5,7-14,18H,3,6,15-17H2,(H,26,28)/b14-9+. The van der Waals surface area contributed by atoms with Gasteiger partial charge in [0.25, 0.3) is 0 Å². The van der Waals surface area contributed by atoms with E-state index in [0.29, 0.717) is 19.6 Å². The van der Waals surface area contributed by atoms with E-state index < -0.39 is 0 Å². The quantitative estimate of drug-likeness (QED) is 0.478. The molecule has 0 saturated carbocycles. The van der Waals surface area contributed by atoms with Crippen LogP contribution in [0.15, 0.2) is 72.8 Å². The molecular formula is C25H24N2O3. The van der Waals surface area contributed by atoms with Crippen LogP contribution in [0.5, 0.6) is 5.75 Å². The monoisotopic (exact) mass is 400 g/mol. The van der Waals surface area contributed by atoms with Crippen LogP contribution in [0.3, 0.4) is 0 Å². The highest BCUT2D eigenvalue weighted by Crippen LogP contribution is 2.22. The highest BCUT2D eigenvalue weighted by molar-refractivity contribution is 5.95. The number of fused-ring (bicyclic) bond motifs is 1. The molecule has 4 rings (SSSR count). The number of hydrogen-bond donors (Lipinski definition) is 1. The number of rotatable bonds is 7. The highest BCUT2D eigenvalue weighted by Gasteiger charge is 2.21. The molecule has 3 aromatic rings. The zero-order valence-corrected chi connectivity index (χ0v) is 16.7. The zero-order chi connectivity index (χ0) is 20.8. The molecular weight excluding hydrogens is 376 g/mol. The number of carbonyl (C=O) groups excluding carboxylic acids is 2. The lowest BCUT2D eigenvalue weighted by Gasteiger charge is -2.15. The number of benzene rings is 3. The average Bonchev–Trinajstić information content (AvgIpc) is 3.21. The first-order chi connectivity index (χ1) is 14.7. The number of nitrogens with one attached hydrogen (secondary N) is 1. The SMILES string of the molecule is O=C(/C=C/c1ccc(N2CCCC2=O)cc1)NCCOc1ccc2ccccc2c1. The van der Waals surface area contributed by atoms with Crippen molar-refractivity contribution in [3.05, 3.63) is 78.4 Å². The Morgan fingerprint density at radius 1 is 1.03 bits per heavy atom. The summed E-state index contributed by atoms with van der Waals surface area (Å²) in [6.45, 7) is 1.60. The maximum absolute atomic E-state index is 12.0.